The molecule has 3 atom stereocenters. The van der Waals surface area contributed by atoms with Crippen molar-refractivity contribution in [2.75, 3.05) is 26.2 Å². The van der Waals surface area contributed by atoms with E-state index in [4.69, 9.17) is 4.74 Å². The molecule has 0 bridgehead atoms. The van der Waals surface area contributed by atoms with Crippen LogP contribution in [0.3, 0.4) is 0 Å². The van der Waals surface area contributed by atoms with Crippen molar-refractivity contribution >= 4 is 15.9 Å². The summed E-state index contributed by atoms with van der Waals surface area (Å²) in [5.41, 5.74) is 0.886. The summed E-state index contributed by atoms with van der Waals surface area (Å²) in [6.45, 7) is 3.68. The number of ether oxygens (including phenoxy) is 1. The molecule has 1 amide bonds. The van der Waals surface area contributed by atoms with Crippen LogP contribution in [-0.4, -0.2) is 78.2 Å². The fraction of sp³-hybridized carbons (Fsp3) is 0.458. The van der Waals surface area contributed by atoms with E-state index in [2.05, 4.69) is 0 Å². The van der Waals surface area contributed by atoms with Crippen LogP contribution in [0.15, 0.2) is 59.5 Å². The highest BCUT2D eigenvalue weighted by Crippen LogP contribution is 2.24. The second-order valence-electron chi connectivity index (χ2n) is 8.38. The van der Waals surface area contributed by atoms with Crippen LogP contribution >= 0.6 is 0 Å². The normalized spacial score (nSPS) is 17.1. The smallest absolute Gasteiger partial charge is 0.243 e. The van der Waals surface area contributed by atoms with Gasteiger partial charge in [0.25, 0.3) is 0 Å². The summed E-state index contributed by atoms with van der Waals surface area (Å²) in [6, 6.07) is 13.7. The van der Waals surface area contributed by atoms with Gasteiger partial charge < -0.3 is 19.8 Å². The van der Waals surface area contributed by atoms with Gasteiger partial charge >= 0.3 is 0 Å². The van der Waals surface area contributed by atoms with Gasteiger partial charge in [0.05, 0.1) is 11.0 Å². The summed E-state index contributed by atoms with van der Waals surface area (Å²) in [5, 5.41) is 21.2. The summed E-state index contributed by atoms with van der Waals surface area (Å²) in [6.07, 6.45) is -0.842. The zero-order chi connectivity index (χ0) is 24.0. The largest absolute Gasteiger partial charge is 0.491 e. The number of hydrogen-bond donors (Lipinski definition) is 2. The van der Waals surface area contributed by atoms with Crippen LogP contribution in [0.5, 0.6) is 5.75 Å². The molecular formula is C24H32N2O6S. The molecule has 9 heteroatoms. The summed E-state index contributed by atoms with van der Waals surface area (Å²) >= 11 is 0. The lowest BCUT2D eigenvalue weighted by atomic mass is 10.1. The molecule has 1 aliphatic heterocycles. The second kappa shape index (κ2) is 11.1. The molecule has 1 aliphatic rings. The van der Waals surface area contributed by atoms with Crippen molar-refractivity contribution < 1.29 is 28.2 Å². The number of benzene rings is 2. The average molecular weight is 477 g/mol. The van der Waals surface area contributed by atoms with E-state index in [0.717, 1.165) is 22.7 Å². The molecule has 2 N–H and O–H groups in total. The molecule has 0 radical (unpaired) electrons. The number of nitrogens with zero attached hydrogens (tertiary/aromatic N) is 2. The third kappa shape index (κ3) is 6.32. The predicted octanol–water partition coefficient (Wildman–Crippen LogP) is 1.80. The summed E-state index contributed by atoms with van der Waals surface area (Å²) < 4.78 is 33.7. The van der Waals surface area contributed by atoms with Gasteiger partial charge in [-0.15, -0.1) is 0 Å². The monoisotopic (exact) mass is 476 g/mol. The minimum atomic E-state index is -4.20. The number of aryl methyl sites for hydroxylation is 1. The van der Waals surface area contributed by atoms with E-state index in [1.54, 1.807) is 41.3 Å². The van der Waals surface area contributed by atoms with Gasteiger partial charge in [-0.3, -0.25) is 4.79 Å². The molecule has 2 aromatic rings. The molecule has 0 aromatic heterocycles. The van der Waals surface area contributed by atoms with Gasteiger partial charge in [0.1, 0.15) is 24.5 Å². The number of para-hydroxylation sites is 1. The Bertz CT molecular complexity index is 1010. The molecule has 1 saturated heterocycles. The van der Waals surface area contributed by atoms with Gasteiger partial charge in [-0.05, 0) is 51.0 Å². The third-order valence-corrected chi connectivity index (χ3v) is 7.50. The third-order valence-electron chi connectivity index (χ3n) is 5.64. The maximum absolute atomic E-state index is 13.6. The van der Waals surface area contributed by atoms with Crippen molar-refractivity contribution in [3.05, 3.63) is 60.2 Å². The van der Waals surface area contributed by atoms with E-state index >= 15 is 0 Å². The van der Waals surface area contributed by atoms with Crippen LogP contribution in [-0.2, 0) is 14.8 Å². The van der Waals surface area contributed by atoms with Crippen molar-refractivity contribution in [1.82, 2.24) is 9.21 Å². The van der Waals surface area contributed by atoms with Crippen LogP contribution in [0.2, 0.25) is 0 Å². The van der Waals surface area contributed by atoms with E-state index in [1.807, 2.05) is 13.0 Å². The molecule has 0 aliphatic carbocycles. The van der Waals surface area contributed by atoms with E-state index in [9.17, 15) is 23.4 Å². The Morgan fingerprint density at radius 2 is 1.67 bits per heavy atom. The minimum absolute atomic E-state index is 0.0100. The van der Waals surface area contributed by atoms with Crippen LogP contribution in [0, 0.1) is 6.92 Å². The maximum atomic E-state index is 13.6. The highest BCUT2D eigenvalue weighted by atomic mass is 32.2. The number of carbonyl (C=O) groups excluding carboxylic acids is 1. The van der Waals surface area contributed by atoms with E-state index in [1.165, 1.54) is 19.1 Å². The number of sulfonamides is 1. The summed E-state index contributed by atoms with van der Waals surface area (Å²) in [7, 11) is -4.20. The molecule has 1 heterocycles. The highest BCUT2D eigenvalue weighted by molar-refractivity contribution is 7.89. The van der Waals surface area contributed by atoms with E-state index < -0.39 is 40.7 Å². The molecule has 0 saturated carbocycles. The first-order valence-corrected chi connectivity index (χ1v) is 12.6. The zero-order valence-corrected chi connectivity index (χ0v) is 19.8. The number of carbonyl (C=O) groups is 1. The fourth-order valence-electron chi connectivity index (χ4n) is 3.87. The van der Waals surface area contributed by atoms with Gasteiger partial charge in [0.2, 0.25) is 15.9 Å². The molecule has 8 nitrogen and oxygen atoms in total. The molecule has 0 spiro atoms. The zero-order valence-electron chi connectivity index (χ0n) is 19.0. The van der Waals surface area contributed by atoms with Crippen molar-refractivity contribution in [2.45, 2.75) is 49.8 Å². The van der Waals surface area contributed by atoms with E-state index in [-0.39, 0.29) is 11.5 Å². The lowest BCUT2D eigenvalue weighted by molar-refractivity contribution is -0.138. The Morgan fingerprint density at radius 3 is 2.24 bits per heavy atom. The number of rotatable bonds is 10. The number of aliphatic hydroxyl groups is 2. The molecule has 1 fully saturated rings. The Hall–Kier alpha value is -2.46. The number of likely N-dealkylation sites (tertiary alicyclic amines) is 1. The van der Waals surface area contributed by atoms with Gasteiger partial charge in [0, 0.05) is 19.6 Å². The Kier molecular flexibility index (Phi) is 8.47. The summed E-state index contributed by atoms with van der Waals surface area (Å²) in [5.74, 6) is 0.0686. The highest BCUT2D eigenvalue weighted by Gasteiger charge is 2.42. The van der Waals surface area contributed by atoms with Crippen molar-refractivity contribution in [3.63, 3.8) is 0 Å². The maximum Gasteiger partial charge on any atom is 0.243 e. The molecule has 180 valence electrons. The molecule has 33 heavy (non-hydrogen) atoms. The quantitative estimate of drug-likeness (QED) is 0.542. The fourth-order valence-corrected chi connectivity index (χ4v) is 5.56. The predicted molar refractivity (Wildman–Crippen MR) is 124 cm³/mol. The number of aliphatic hydroxyl groups excluding tert-OH is 2. The van der Waals surface area contributed by atoms with Gasteiger partial charge in [-0.2, -0.15) is 4.31 Å². The molecule has 2 aromatic carbocycles. The Balaban J connectivity index is 1.90. The molecule has 0 unspecified atom stereocenters. The molecule has 3 rings (SSSR count). The summed E-state index contributed by atoms with van der Waals surface area (Å²) in [4.78, 5) is 14.8. The second-order valence-corrected chi connectivity index (χ2v) is 10.3. The van der Waals surface area contributed by atoms with Crippen molar-refractivity contribution in [3.8, 4) is 5.75 Å². The van der Waals surface area contributed by atoms with Crippen LogP contribution in [0.4, 0.5) is 0 Å². The van der Waals surface area contributed by atoms with Crippen molar-refractivity contribution in [2.24, 2.45) is 0 Å². The topological polar surface area (TPSA) is 107 Å². The first-order valence-electron chi connectivity index (χ1n) is 11.1. The standard InChI is InChI=1S/C24H32N2O6S/c1-18-10-12-22(13-11-18)33(30,31)26(16-20(28)17-32-21-8-4-3-5-9-21)23(19(2)27)24(29)25-14-6-7-15-25/h3-5,8-13,19-20,23,27-28H,6-7,14-17H2,1-2H3/t19-,20+,23+/m1/s1. The first kappa shape index (κ1) is 25.2. The number of amides is 1. The first-order chi connectivity index (χ1) is 15.7. The minimum Gasteiger partial charge on any atom is -0.491 e. The average Bonchev–Trinajstić information content (AvgIpc) is 3.33. The van der Waals surface area contributed by atoms with Crippen LogP contribution < -0.4 is 4.74 Å². The SMILES string of the molecule is Cc1ccc(S(=O)(=O)N(C[C@H](O)COc2ccccc2)[C@H](C(=O)N2CCCC2)[C@@H](C)O)cc1. The van der Waals surface area contributed by atoms with Gasteiger partial charge in [-0.25, -0.2) is 8.42 Å². The van der Waals surface area contributed by atoms with E-state index in [0.29, 0.717) is 18.8 Å². The van der Waals surface area contributed by atoms with Gasteiger partial charge in [-0.1, -0.05) is 35.9 Å². The van der Waals surface area contributed by atoms with Crippen molar-refractivity contribution in [1.29, 1.82) is 0 Å². The molecular weight excluding hydrogens is 444 g/mol. The Morgan fingerprint density at radius 1 is 1.06 bits per heavy atom. The van der Waals surface area contributed by atoms with Crippen LogP contribution in [0.1, 0.15) is 25.3 Å². The van der Waals surface area contributed by atoms with Gasteiger partial charge in [0.15, 0.2) is 0 Å². The lowest BCUT2D eigenvalue weighted by Gasteiger charge is -2.35. The van der Waals surface area contributed by atoms with Crippen LogP contribution in [0.25, 0.3) is 0 Å². The Labute approximate surface area is 195 Å². The lowest BCUT2D eigenvalue weighted by Crippen LogP contribution is -2.57. The number of hydrogen-bond acceptors (Lipinski definition) is 6.